The number of carbonyl (C=O) groups is 3. The molecule has 1 heterocycles. The van der Waals surface area contributed by atoms with Gasteiger partial charge in [-0.3, -0.25) is 14.4 Å². The zero-order valence-electron chi connectivity index (χ0n) is 15.7. The Bertz CT molecular complexity index is 701. The lowest BCUT2D eigenvalue weighted by Gasteiger charge is -2.29. The summed E-state index contributed by atoms with van der Waals surface area (Å²) in [7, 11) is 1.55. The van der Waals surface area contributed by atoms with Crippen LogP contribution in [0.15, 0.2) is 18.2 Å². The molecule has 142 valence electrons. The number of carboxylic acids is 1. The van der Waals surface area contributed by atoms with Crippen molar-refractivity contribution in [2.45, 2.75) is 39.7 Å². The summed E-state index contributed by atoms with van der Waals surface area (Å²) in [6, 6.07) is 5.45. The molecule has 1 aromatic rings. The van der Waals surface area contributed by atoms with Crippen LogP contribution in [0.1, 0.15) is 32.3 Å². The monoisotopic (exact) mass is 362 g/mol. The Kier molecular flexibility index (Phi) is 6.23. The number of carbonyl (C=O) groups excluding carboxylic acids is 2. The number of amides is 2. The maximum Gasteiger partial charge on any atom is 0.305 e. The van der Waals surface area contributed by atoms with Crippen molar-refractivity contribution < 1.29 is 24.2 Å². The lowest BCUT2D eigenvalue weighted by Crippen LogP contribution is -2.43. The molecule has 1 atom stereocenters. The number of hydrogen-bond acceptors (Lipinski definition) is 4. The van der Waals surface area contributed by atoms with Crippen LogP contribution in [0.3, 0.4) is 0 Å². The molecule has 2 amide bonds. The Morgan fingerprint density at radius 1 is 1.38 bits per heavy atom. The molecule has 26 heavy (non-hydrogen) atoms. The first-order valence-electron chi connectivity index (χ1n) is 8.71. The predicted molar refractivity (Wildman–Crippen MR) is 97.3 cm³/mol. The van der Waals surface area contributed by atoms with Gasteiger partial charge in [-0.15, -0.1) is 0 Å². The van der Waals surface area contributed by atoms with Gasteiger partial charge in [0.2, 0.25) is 11.8 Å². The fraction of sp³-hybridized carbons (Fsp3) is 0.526. The molecule has 1 N–H and O–H groups in total. The number of hydrogen-bond donors (Lipinski definition) is 1. The molecule has 0 saturated carbocycles. The van der Waals surface area contributed by atoms with Gasteiger partial charge in [0, 0.05) is 25.6 Å². The highest BCUT2D eigenvalue weighted by atomic mass is 16.5. The van der Waals surface area contributed by atoms with Crippen molar-refractivity contribution in [2.24, 2.45) is 5.92 Å². The fourth-order valence-electron chi connectivity index (χ4n) is 3.19. The highest BCUT2D eigenvalue weighted by molar-refractivity contribution is 6.01. The number of anilines is 1. The third-order valence-corrected chi connectivity index (χ3v) is 4.57. The number of rotatable bonds is 7. The number of benzene rings is 1. The number of carboxylic acid groups (broad SMARTS) is 1. The number of methoxy groups -OCH3 is 1. The van der Waals surface area contributed by atoms with Crippen molar-refractivity contribution >= 4 is 23.5 Å². The molecule has 1 aliphatic heterocycles. The van der Waals surface area contributed by atoms with E-state index in [1.807, 2.05) is 32.9 Å². The first-order chi connectivity index (χ1) is 12.2. The van der Waals surface area contributed by atoms with E-state index in [0.717, 1.165) is 5.56 Å². The molecule has 1 unspecified atom stereocenters. The van der Waals surface area contributed by atoms with Crippen LogP contribution in [-0.4, -0.2) is 54.0 Å². The molecule has 2 rings (SSSR count). The number of aryl methyl sites for hydroxylation is 1. The Morgan fingerprint density at radius 2 is 2.08 bits per heavy atom. The summed E-state index contributed by atoms with van der Waals surface area (Å²) < 4.78 is 5.35. The summed E-state index contributed by atoms with van der Waals surface area (Å²) in [5.74, 6) is -1.15. The van der Waals surface area contributed by atoms with Crippen LogP contribution < -0.4 is 9.64 Å². The molecule has 1 fully saturated rings. The number of aliphatic carboxylic acids is 1. The molecule has 0 radical (unpaired) electrons. The number of nitrogens with zero attached hydrogens (tertiary/aromatic N) is 2. The van der Waals surface area contributed by atoms with E-state index in [1.54, 1.807) is 23.0 Å². The average Bonchev–Trinajstić information content (AvgIpc) is 2.96. The molecular weight excluding hydrogens is 336 g/mol. The van der Waals surface area contributed by atoms with Gasteiger partial charge in [-0.05, 0) is 38.5 Å². The quantitative estimate of drug-likeness (QED) is 0.802. The van der Waals surface area contributed by atoms with E-state index in [4.69, 9.17) is 9.84 Å². The minimum atomic E-state index is -0.947. The molecule has 0 bridgehead atoms. The van der Waals surface area contributed by atoms with E-state index in [9.17, 15) is 14.4 Å². The fourth-order valence-corrected chi connectivity index (χ4v) is 3.19. The van der Waals surface area contributed by atoms with Crippen LogP contribution in [0.25, 0.3) is 0 Å². The Labute approximate surface area is 153 Å². The average molecular weight is 362 g/mol. The zero-order chi connectivity index (χ0) is 19.4. The van der Waals surface area contributed by atoms with E-state index in [-0.39, 0.29) is 43.8 Å². The summed E-state index contributed by atoms with van der Waals surface area (Å²) >= 11 is 0. The summed E-state index contributed by atoms with van der Waals surface area (Å²) in [5, 5.41) is 8.89. The minimum absolute atomic E-state index is 0.111. The van der Waals surface area contributed by atoms with Crippen molar-refractivity contribution in [3.63, 3.8) is 0 Å². The van der Waals surface area contributed by atoms with Gasteiger partial charge < -0.3 is 19.6 Å². The van der Waals surface area contributed by atoms with Gasteiger partial charge in [0.25, 0.3) is 0 Å². The lowest BCUT2D eigenvalue weighted by atomic mass is 10.1. The Hall–Kier alpha value is -2.57. The van der Waals surface area contributed by atoms with E-state index in [0.29, 0.717) is 11.4 Å². The van der Waals surface area contributed by atoms with Gasteiger partial charge in [0.1, 0.15) is 5.75 Å². The topological polar surface area (TPSA) is 87.2 Å². The number of ether oxygens (including phenoxy) is 1. The SMILES string of the molecule is COc1ccc(C)cc1N1CC(C(=O)N(CCC(=O)O)C(C)C)CC1=O. The van der Waals surface area contributed by atoms with Gasteiger partial charge in [0.05, 0.1) is 25.1 Å². The van der Waals surface area contributed by atoms with Crippen LogP contribution in [-0.2, 0) is 14.4 Å². The van der Waals surface area contributed by atoms with Crippen molar-refractivity contribution in [2.75, 3.05) is 25.1 Å². The Morgan fingerprint density at radius 3 is 2.65 bits per heavy atom. The second kappa shape index (κ2) is 8.21. The van der Waals surface area contributed by atoms with Gasteiger partial charge in [0.15, 0.2) is 0 Å². The first-order valence-corrected chi connectivity index (χ1v) is 8.71. The standard InChI is InChI=1S/C19H26N2O5/c1-12(2)20(8-7-18(23)24)19(25)14-10-17(22)21(11-14)15-9-13(3)5-6-16(15)26-4/h5-6,9,12,14H,7-8,10-11H2,1-4H3,(H,23,24). The summed E-state index contributed by atoms with van der Waals surface area (Å²) in [6.07, 6.45) is 0.00618. The van der Waals surface area contributed by atoms with E-state index < -0.39 is 11.9 Å². The zero-order valence-corrected chi connectivity index (χ0v) is 15.7. The van der Waals surface area contributed by atoms with Crippen molar-refractivity contribution in [1.29, 1.82) is 0 Å². The summed E-state index contributed by atoms with van der Waals surface area (Å²) in [6.45, 7) is 6.03. The molecule has 0 spiro atoms. The molecule has 1 saturated heterocycles. The predicted octanol–water partition coefficient (Wildman–Crippen LogP) is 2.07. The van der Waals surface area contributed by atoms with E-state index in [2.05, 4.69) is 0 Å². The summed E-state index contributed by atoms with van der Waals surface area (Å²) in [5.41, 5.74) is 1.66. The molecule has 7 heteroatoms. The molecule has 1 aliphatic rings. The van der Waals surface area contributed by atoms with Crippen molar-refractivity contribution in [1.82, 2.24) is 4.90 Å². The largest absolute Gasteiger partial charge is 0.495 e. The second-order valence-corrected chi connectivity index (χ2v) is 6.85. The van der Waals surface area contributed by atoms with Crippen LogP contribution in [0.4, 0.5) is 5.69 Å². The maximum atomic E-state index is 12.9. The van der Waals surface area contributed by atoms with E-state index in [1.165, 1.54) is 0 Å². The van der Waals surface area contributed by atoms with Crippen LogP contribution in [0.2, 0.25) is 0 Å². The third kappa shape index (κ3) is 4.33. The van der Waals surface area contributed by atoms with Crippen LogP contribution in [0.5, 0.6) is 5.75 Å². The first kappa shape index (κ1) is 19.8. The highest BCUT2D eigenvalue weighted by Gasteiger charge is 2.38. The highest BCUT2D eigenvalue weighted by Crippen LogP contribution is 2.34. The minimum Gasteiger partial charge on any atom is -0.495 e. The third-order valence-electron chi connectivity index (χ3n) is 4.57. The molecule has 1 aromatic carbocycles. The maximum absolute atomic E-state index is 12.9. The van der Waals surface area contributed by atoms with E-state index >= 15 is 0 Å². The van der Waals surface area contributed by atoms with Gasteiger partial charge in [-0.1, -0.05) is 6.07 Å². The normalized spacial score (nSPS) is 16.9. The van der Waals surface area contributed by atoms with Gasteiger partial charge in [-0.25, -0.2) is 0 Å². The van der Waals surface area contributed by atoms with Gasteiger partial charge >= 0.3 is 5.97 Å². The van der Waals surface area contributed by atoms with Crippen molar-refractivity contribution in [3.8, 4) is 5.75 Å². The lowest BCUT2D eigenvalue weighted by molar-refractivity contribution is -0.141. The van der Waals surface area contributed by atoms with Crippen LogP contribution in [0, 0.1) is 12.8 Å². The second-order valence-electron chi connectivity index (χ2n) is 6.85. The summed E-state index contributed by atoms with van der Waals surface area (Å²) in [4.78, 5) is 39.4. The molecule has 0 aromatic heterocycles. The smallest absolute Gasteiger partial charge is 0.305 e. The van der Waals surface area contributed by atoms with Gasteiger partial charge in [-0.2, -0.15) is 0 Å². The van der Waals surface area contributed by atoms with Crippen LogP contribution >= 0.6 is 0 Å². The molecule has 7 nitrogen and oxygen atoms in total. The molecule has 0 aliphatic carbocycles. The van der Waals surface area contributed by atoms with Crippen molar-refractivity contribution in [3.05, 3.63) is 23.8 Å². The molecular formula is C19H26N2O5. The Balaban J connectivity index is 2.19.